The summed E-state index contributed by atoms with van der Waals surface area (Å²) in [4.78, 5) is 45.7. The molecule has 11 nitrogen and oxygen atoms in total. The van der Waals surface area contributed by atoms with Crippen LogP contribution in [0.25, 0.3) is 0 Å². The summed E-state index contributed by atoms with van der Waals surface area (Å²) < 4.78 is 10.6. The van der Waals surface area contributed by atoms with Gasteiger partial charge < -0.3 is 14.4 Å². The summed E-state index contributed by atoms with van der Waals surface area (Å²) in [6.07, 6.45) is 3.46. The van der Waals surface area contributed by atoms with Crippen molar-refractivity contribution in [3.8, 4) is 0 Å². The lowest BCUT2D eigenvalue weighted by atomic mass is 10.0. The Morgan fingerprint density at radius 2 is 1.80 bits per heavy atom. The smallest absolute Gasteiger partial charge is 0.328 e. The molecule has 3 rings (SSSR count). The second kappa shape index (κ2) is 16.5. The molecular weight excluding hydrogens is 558 g/mol. The van der Waals surface area contributed by atoms with Crippen LogP contribution in [0.3, 0.4) is 0 Å². The van der Waals surface area contributed by atoms with Crippen LogP contribution in [-0.4, -0.2) is 98.6 Å². The predicted octanol–water partition coefficient (Wildman–Crippen LogP) is 3.03. The fraction of sp³-hybridized carbons (Fsp3) is 0.667. The van der Waals surface area contributed by atoms with Crippen molar-refractivity contribution in [3.05, 3.63) is 35.9 Å². The first kappa shape index (κ1) is 32.6. The van der Waals surface area contributed by atoms with Gasteiger partial charge in [0.2, 0.25) is 5.91 Å². The fourth-order valence-corrected chi connectivity index (χ4v) is 8.13. The normalized spacial score (nSPS) is 19.6. The first-order chi connectivity index (χ1) is 19.2. The minimum Gasteiger partial charge on any atom is -0.465 e. The topological polar surface area (TPSA) is 138 Å². The van der Waals surface area contributed by atoms with Crippen molar-refractivity contribution in [2.45, 2.75) is 74.6 Å². The lowest BCUT2D eigenvalue weighted by Crippen LogP contribution is -2.53. The van der Waals surface area contributed by atoms with E-state index < -0.39 is 30.1 Å². The van der Waals surface area contributed by atoms with Gasteiger partial charge >= 0.3 is 11.9 Å². The molecule has 1 aromatic rings. The Kier molecular flexibility index (Phi) is 13.5. The number of hydrogen-bond donors (Lipinski definition) is 3. The van der Waals surface area contributed by atoms with E-state index >= 15 is 0 Å². The standard InChI is InChI=1S/C27H41N3O8S2/c1-3-36-25(32)22(13-12-21-10-6-4-7-11-21)28-20(2)24(31)29-19-27(39-16-17-40-27)18-23(29)26(33)37-14-8-5-9-15-38-30(34)35/h4,6-7,10-11,20,22-23,28,34-35H,3,5,8-9,12-19H2,1-2H3. The number of esters is 2. The van der Waals surface area contributed by atoms with E-state index in [1.54, 1.807) is 42.3 Å². The Hall–Kier alpha value is -1.87. The number of rotatable bonds is 16. The number of nitrogens with one attached hydrogen (secondary N) is 1. The molecule has 2 heterocycles. The van der Waals surface area contributed by atoms with Gasteiger partial charge in [0.1, 0.15) is 12.1 Å². The Bertz CT molecular complexity index is 949. The molecule has 0 aliphatic carbocycles. The minimum absolute atomic E-state index is 0.131. The molecular formula is C27H41N3O8S2. The number of carbonyl (C=O) groups excluding carboxylic acids is 3. The maximum absolute atomic E-state index is 13.7. The number of thioether (sulfide) groups is 2. The largest absolute Gasteiger partial charge is 0.465 e. The van der Waals surface area contributed by atoms with E-state index in [1.807, 2.05) is 30.3 Å². The SMILES string of the molecule is CCOC(=O)C(CCc1ccccc1)NC(C)C(=O)N1CC2(CC1C(=O)OCCCCCON(O)O)SCCS2. The average Bonchev–Trinajstić information content (AvgIpc) is 3.56. The molecule has 13 heteroatoms. The van der Waals surface area contributed by atoms with E-state index in [0.717, 1.165) is 17.1 Å². The lowest BCUT2D eigenvalue weighted by molar-refractivity contribution is -0.492. The van der Waals surface area contributed by atoms with Crippen LogP contribution < -0.4 is 5.32 Å². The van der Waals surface area contributed by atoms with E-state index in [-0.39, 0.29) is 35.2 Å². The molecule has 3 N–H and O–H groups in total. The van der Waals surface area contributed by atoms with Gasteiger partial charge in [-0.3, -0.25) is 30.2 Å². The molecule has 1 spiro atoms. The summed E-state index contributed by atoms with van der Waals surface area (Å²) in [5.41, 5.74) is 1.09. The monoisotopic (exact) mass is 599 g/mol. The maximum atomic E-state index is 13.7. The van der Waals surface area contributed by atoms with Crippen LogP contribution in [0.15, 0.2) is 30.3 Å². The van der Waals surface area contributed by atoms with Crippen molar-refractivity contribution in [1.29, 1.82) is 0 Å². The molecule has 0 saturated carbocycles. The lowest BCUT2D eigenvalue weighted by Gasteiger charge is -2.29. The van der Waals surface area contributed by atoms with E-state index in [2.05, 4.69) is 10.2 Å². The summed E-state index contributed by atoms with van der Waals surface area (Å²) >= 11 is 3.57. The summed E-state index contributed by atoms with van der Waals surface area (Å²) in [6, 6.07) is 7.78. The Balaban J connectivity index is 1.60. The van der Waals surface area contributed by atoms with Gasteiger partial charge in [-0.2, -0.15) is 0 Å². The van der Waals surface area contributed by atoms with Crippen LogP contribution in [0.5, 0.6) is 0 Å². The van der Waals surface area contributed by atoms with E-state index in [1.165, 1.54) is 0 Å². The summed E-state index contributed by atoms with van der Waals surface area (Å²) in [5.74, 6) is 0.868. The molecule has 1 amide bonds. The predicted molar refractivity (Wildman–Crippen MR) is 152 cm³/mol. The Morgan fingerprint density at radius 3 is 2.48 bits per heavy atom. The van der Waals surface area contributed by atoms with Crippen LogP contribution in [-0.2, 0) is 35.1 Å². The van der Waals surface area contributed by atoms with Crippen LogP contribution in [0.2, 0.25) is 0 Å². The summed E-state index contributed by atoms with van der Waals surface area (Å²) in [6.45, 7) is 4.49. The molecule has 0 aromatic heterocycles. The number of hydrogen-bond acceptors (Lipinski definition) is 12. The molecule has 2 saturated heterocycles. The van der Waals surface area contributed by atoms with Crippen molar-refractivity contribution in [3.63, 3.8) is 0 Å². The third-order valence-electron chi connectivity index (χ3n) is 6.86. The maximum Gasteiger partial charge on any atom is 0.328 e. The van der Waals surface area contributed by atoms with Gasteiger partial charge in [-0.15, -0.1) is 23.5 Å². The van der Waals surface area contributed by atoms with E-state index in [0.29, 0.717) is 45.1 Å². The molecule has 40 heavy (non-hydrogen) atoms. The minimum atomic E-state index is -0.704. The van der Waals surface area contributed by atoms with Crippen molar-refractivity contribution in [1.82, 2.24) is 15.6 Å². The second-order valence-corrected chi connectivity index (χ2v) is 13.0. The highest BCUT2D eigenvalue weighted by atomic mass is 32.2. The molecule has 0 radical (unpaired) electrons. The Labute approximate surface area is 244 Å². The van der Waals surface area contributed by atoms with Crippen LogP contribution >= 0.6 is 23.5 Å². The third kappa shape index (κ3) is 9.89. The highest BCUT2D eigenvalue weighted by molar-refractivity contribution is 8.21. The number of benzene rings is 1. The summed E-state index contributed by atoms with van der Waals surface area (Å²) in [7, 11) is 0. The first-order valence-electron chi connectivity index (χ1n) is 13.8. The molecule has 1 aromatic carbocycles. The fourth-order valence-electron chi connectivity index (χ4n) is 4.87. The number of amides is 1. The van der Waals surface area contributed by atoms with Crippen LogP contribution in [0, 0.1) is 0 Å². The van der Waals surface area contributed by atoms with Gasteiger partial charge in [0.15, 0.2) is 0 Å². The zero-order valence-electron chi connectivity index (χ0n) is 23.2. The molecule has 0 bridgehead atoms. The van der Waals surface area contributed by atoms with Crippen LogP contribution in [0.1, 0.15) is 51.5 Å². The molecule has 2 aliphatic heterocycles. The average molecular weight is 600 g/mol. The third-order valence-corrected chi connectivity index (χ3v) is 10.3. The van der Waals surface area contributed by atoms with Crippen LogP contribution in [0.4, 0.5) is 0 Å². The number of carbonyl (C=O) groups is 3. The highest BCUT2D eigenvalue weighted by Gasteiger charge is 2.52. The van der Waals surface area contributed by atoms with Crippen molar-refractivity contribution < 1.29 is 39.1 Å². The van der Waals surface area contributed by atoms with Gasteiger partial charge in [-0.25, -0.2) is 4.79 Å². The number of likely N-dealkylation sites (tertiary alicyclic amines) is 1. The molecule has 3 atom stereocenters. The zero-order valence-corrected chi connectivity index (χ0v) is 24.8. The van der Waals surface area contributed by atoms with Crippen molar-refractivity contribution >= 4 is 41.4 Å². The van der Waals surface area contributed by atoms with Gasteiger partial charge in [-0.1, -0.05) is 30.3 Å². The number of unbranched alkanes of at least 4 members (excludes halogenated alkanes) is 2. The molecule has 2 aliphatic rings. The quantitative estimate of drug-likeness (QED) is 0.146. The highest BCUT2D eigenvalue weighted by Crippen LogP contribution is 2.52. The zero-order chi connectivity index (χ0) is 29.0. The van der Waals surface area contributed by atoms with Gasteiger partial charge in [0.25, 0.3) is 0 Å². The van der Waals surface area contributed by atoms with Gasteiger partial charge in [0, 0.05) is 24.5 Å². The van der Waals surface area contributed by atoms with Crippen molar-refractivity contribution in [2.24, 2.45) is 0 Å². The first-order valence-corrected chi connectivity index (χ1v) is 15.7. The van der Waals surface area contributed by atoms with Gasteiger partial charge in [-0.05, 0) is 51.5 Å². The summed E-state index contributed by atoms with van der Waals surface area (Å²) in [5, 5.41) is 20.0. The van der Waals surface area contributed by atoms with Gasteiger partial charge in [0.05, 0.1) is 35.3 Å². The number of ether oxygens (including phenoxy) is 2. The van der Waals surface area contributed by atoms with Crippen molar-refractivity contribution in [2.75, 3.05) is 37.9 Å². The molecule has 3 unspecified atom stereocenters. The number of nitrogens with zero attached hydrogens (tertiary/aromatic N) is 2. The second-order valence-electron chi connectivity index (χ2n) is 9.83. The number of aryl methyl sites for hydroxylation is 1. The Morgan fingerprint density at radius 1 is 1.10 bits per heavy atom. The van der Waals surface area contributed by atoms with E-state index in [9.17, 15) is 14.4 Å². The molecule has 224 valence electrons. The molecule has 2 fully saturated rings. The van der Waals surface area contributed by atoms with E-state index in [4.69, 9.17) is 19.9 Å².